The van der Waals surface area contributed by atoms with Crippen molar-refractivity contribution < 1.29 is 19.1 Å². The molecule has 0 unspecified atom stereocenters. The molecule has 0 spiro atoms. The van der Waals surface area contributed by atoms with E-state index >= 15 is 0 Å². The average molecular weight is 348 g/mol. The SMILES string of the molecule is CSc1ccc(COC(=O)CN2C(=O)N[C@@](C)(C3CC3)C2=O)cc1. The van der Waals surface area contributed by atoms with Gasteiger partial charge in [0.2, 0.25) is 0 Å². The molecule has 0 aromatic heterocycles. The molecule has 1 N–H and O–H groups in total. The zero-order valence-corrected chi connectivity index (χ0v) is 14.5. The number of esters is 1. The van der Waals surface area contributed by atoms with Crippen molar-refractivity contribution in [2.45, 2.75) is 36.8 Å². The average Bonchev–Trinajstić information content (AvgIpc) is 3.40. The lowest BCUT2D eigenvalue weighted by molar-refractivity contribution is -0.148. The molecule has 128 valence electrons. The van der Waals surface area contributed by atoms with E-state index in [0.717, 1.165) is 28.2 Å². The quantitative estimate of drug-likeness (QED) is 0.484. The Labute approximate surface area is 144 Å². The Morgan fingerprint density at radius 2 is 2.00 bits per heavy atom. The molecular weight excluding hydrogens is 328 g/mol. The van der Waals surface area contributed by atoms with Gasteiger partial charge in [-0.3, -0.25) is 14.5 Å². The fraction of sp³-hybridized carbons (Fsp3) is 0.471. The van der Waals surface area contributed by atoms with Crippen molar-refractivity contribution in [3.8, 4) is 0 Å². The van der Waals surface area contributed by atoms with E-state index in [1.165, 1.54) is 0 Å². The van der Waals surface area contributed by atoms with E-state index in [1.807, 2.05) is 30.5 Å². The molecule has 1 aliphatic carbocycles. The van der Waals surface area contributed by atoms with Gasteiger partial charge in [0.1, 0.15) is 18.7 Å². The number of nitrogens with zero attached hydrogens (tertiary/aromatic N) is 1. The summed E-state index contributed by atoms with van der Waals surface area (Å²) in [6, 6.07) is 7.16. The minimum Gasteiger partial charge on any atom is -0.459 e. The molecule has 1 aromatic carbocycles. The predicted octanol–water partition coefficient (Wildman–Crippen LogP) is 2.17. The van der Waals surface area contributed by atoms with Crippen molar-refractivity contribution in [2.24, 2.45) is 5.92 Å². The Balaban J connectivity index is 1.54. The van der Waals surface area contributed by atoms with Crippen molar-refractivity contribution in [3.05, 3.63) is 29.8 Å². The van der Waals surface area contributed by atoms with Crippen LogP contribution in [0.15, 0.2) is 29.2 Å². The van der Waals surface area contributed by atoms with Crippen LogP contribution in [-0.4, -0.2) is 41.1 Å². The van der Waals surface area contributed by atoms with Crippen LogP contribution in [0.5, 0.6) is 0 Å². The maximum atomic E-state index is 12.4. The van der Waals surface area contributed by atoms with Crippen LogP contribution < -0.4 is 5.32 Å². The van der Waals surface area contributed by atoms with E-state index in [4.69, 9.17) is 4.74 Å². The van der Waals surface area contributed by atoms with Crippen LogP contribution in [-0.2, 0) is 20.9 Å². The Morgan fingerprint density at radius 3 is 2.58 bits per heavy atom. The number of imide groups is 1. The fourth-order valence-electron chi connectivity index (χ4n) is 2.86. The van der Waals surface area contributed by atoms with Gasteiger partial charge in [-0.25, -0.2) is 4.79 Å². The number of thioether (sulfide) groups is 1. The Kier molecular flexibility index (Phi) is 4.54. The molecule has 6 nitrogen and oxygen atoms in total. The summed E-state index contributed by atoms with van der Waals surface area (Å²) in [5, 5.41) is 2.71. The largest absolute Gasteiger partial charge is 0.459 e. The van der Waals surface area contributed by atoms with E-state index in [-0.39, 0.29) is 25.0 Å². The summed E-state index contributed by atoms with van der Waals surface area (Å²) in [5.41, 5.74) is -0.00783. The summed E-state index contributed by atoms with van der Waals surface area (Å²) in [6.45, 7) is 1.50. The first kappa shape index (κ1) is 16.8. The lowest BCUT2D eigenvalue weighted by Gasteiger charge is -2.20. The van der Waals surface area contributed by atoms with Crippen LogP contribution >= 0.6 is 11.8 Å². The van der Waals surface area contributed by atoms with E-state index in [0.29, 0.717) is 0 Å². The van der Waals surface area contributed by atoms with Gasteiger partial charge in [0.25, 0.3) is 5.91 Å². The molecule has 2 aliphatic rings. The molecule has 24 heavy (non-hydrogen) atoms. The van der Waals surface area contributed by atoms with Gasteiger partial charge in [0.15, 0.2) is 0 Å². The van der Waals surface area contributed by atoms with Gasteiger partial charge in [-0.15, -0.1) is 11.8 Å². The second-order valence-electron chi connectivity index (χ2n) is 6.31. The standard InChI is InChI=1S/C17H20N2O4S/c1-17(12-5-6-12)15(21)19(16(22)18-17)9-14(20)23-10-11-3-7-13(24-2)8-4-11/h3-4,7-8,12H,5-6,9-10H2,1-2H3,(H,18,22)/t17-/m0/s1. The summed E-state index contributed by atoms with van der Waals surface area (Å²) in [5.74, 6) is -0.756. The van der Waals surface area contributed by atoms with Crippen molar-refractivity contribution in [3.63, 3.8) is 0 Å². The number of nitrogens with one attached hydrogen (secondary N) is 1. The summed E-state index contributed by atoms with van der Waals surface area (Å²) >= 11 is 1.63. The topological polar surface area (TPSA) is 75.7 Å². The third-order valence-corrected chi connectivity index (χ3v) is 5.28. The van der Waals surface area contributed by atoms with Gasteiger partial charge in [-0.05, 0) is 49.6 Å². The molecule has 7 heteroatoms. The van der Waals surface area contributed by atoms with Gasteiger partial charge in [0, 0.05) is 4.90 Å². The molecule has 1 heterocycles. The first-order chi connectivity index (χ1) is 11.4. The van der Waals surface area contributed by atoms with E-state index < -0.39 is 17.5 Å². The van der Waals surface area contributed by atoms with Crippen molar-refractivity contribution in [1.29, 1.82) is 0 Å². The first-order valence-electron chi connectivity index (χ1n) is 7.86. The molecule has 0 radical (unpaired) electrons. The highest BCUT2D eigenvalue weighted by molar-refractivity contribution is 7.98. The van der Waals surface area contributed by atoms with Gasteiger partial charge < -0.3 is 10.1 Å². The molecule has 1 saturated carbocycles. The Morgan fingerprint density at radius 1 is 1.33 bits per heavy atom. The van der Waals surface area contributed by atoms with E-state index in [2.05, 4.69) is 5.32 Å². The van der Waals surface area contributed by atoms with E-state index in [1.54, 1.807) is 18.7 Å². The van der Waals surface area contributed by atoms with Crippen molar-refractivity contribution in [1.82, 2.24) is 10.2 Å². The summed E-state index contributed by atoms with van der Waals surface area (Å²) in [4.78, 5) is 38.5. The molecule has 1 saturated heterocycles. The zero-order valence-electron chi connectivity index (χ0n) is 13.7. The number of urea groups is 1. The third kappa shape index (κ3) is 3.26. The number of amides is 3. The predicted molar refractivity (Wildman–Crippen MR) is 89.4 cm³/mol. The number of carbonyl (C=O) groups is 3. The number of benzene rings is 1. The van der Waals surface area contributed by atoms with Crippen LogP contribution in [0.4, 0.5) is 4.79 Å². The first-order valence-corrected chi connectivity index (χ1v) is 9.09. The number of hydrogen-bond donors (Lipinski definition) is 1. The molecule has 2 fully saturated rings. The van der Waals surface area contributed by atoms with Crippen LogP contribution in [0.25, 0.3) is 0 Å². The van der Waals surface area contributed by atoms with Crippen LogP contribution in [0.2, 0.25) is 0 Å². The summed E-state index contributed by atoms with van der Waals surface area (Å²) in [7, 11) is 0. The van der Waals surface area contributed by atoms with Crippen molar-refractivity contribution in [2.75, 3.05) is 12.8 Å². The van der Waals surface area contributed by atoms with Crippen molar-refractivity contribution >= 4 is 29.7 Å². The van der Waals surface area contributed by atoms with E-state index in [9.17, 15) is 14.4 Å². The molecule has 1 aliphatic heterocycles. The van der Waals surface area contributed by atoms with Crippen LogP contribution in [0.3, 0.4) is 0 Å². The highest BCUT2D eigenvalue weighted by Gasteiger charge is 2.56. The minimum absolute atomic E-state index is 0.122. The minimum atomic E-state index is -0.870. The van der Waals surface area contributed by atoms with Gasteiger partial charge >= 0.3 is 12.0 Å². The van der Waals surface area contributed by atoms with Crippen LogP contribution in [0.1, 0.15) is 25.3 Å². The highest BCUT2D eigenvalue weighted by Crippen LogP contribution is 2.42. The second kappa shape index (κ2) is 6.47. The lowest BCUT2D eigenvalue weighted by atomic mass is 9.96. The highest BCUT2D eigenvalue weighted by atomic mass is 32.2. The third-order valence-electron chi connectivity index (χ3n) is 4.54. The monoisotopic (exact) mass is 348 g/mol. The molecule has 3 amide bonds. The number of ether oxygens (including phenoxy) is 1. The molecule has 1 aromatic rings. The number of rotatable bonds is 6. The smallest absolute Gasteiger partial charge is 0.326 e. The summed E-state index contributed by atoms with van der Waals surface area (Å²) in [6.07, 6.45) is 3.84. The second-order valence-corrected chi connectivity index (χ2v) is 7.19. The Hall–Kier alpha value is -2.02. The molecule has 0 bridgehead atoms. The number of hydrogen-bond acceptors (Lipinski definition) is 5. The Bertz CT molecular complexity index is 672. The molecule has 3 rings (SSSR count). The fourth-order valence-corrected chi connectivity index (χ4v) is 3.27. The van der Waals surface area contributed by atoms with Crippen LogP contribution in [0, 0.1) is 5.92 Å². The summed E-state index contributed by atoms with van der Waals surface area (Å²) < 4.78 is 5.18. The molecular formula is C17H20N2O4S. The van der Waals surface area contributed by atoms with Gasteiger partial charge in [0.05, 0.1) is 0 Å². The normalized spacial score (nSPS) is 23.3. The lowest BCUT2D eigenvalue weighted by Crippen LogP contribution is -2.46. The zero-order chi connectivity index (χ0) is 17.3. The van der Waals surface area contributed by atoms with Gasteiger partial charge in [-0.1, -0.05) is 12.1 Å². The maximum Gasteiger partial charge on any atom is 0.326 e. The molecule has 1 atom stereocenters. The van der Waals surface area contributed by atoms with Gasteiger partial charge in [-0.2, -0.15) is 0 Å². The maximum absolute atomic E-state index is 12.4. The number of carbonyl (C=O) groups excluding carboxylic acids is 3.